The van der Waals surface area contributed by atoms with Crippen LogP contribution in [0.1, 0.15) is 34.8 Å². The van der Waals surface area contributed by atoms with Crippen LogP contribution in [0.3, 0.4) is 0 Å². The smallest absolute Gasteiger partial charge is 0.266 e. The molecule has 27 heavy (non-hydrogen) atoms. The normalized spacial score (nSPS) is 20.0. The Hall–Kier alpha value is -3.10. The second-order valence-corrected chi connectivity index (χ2v) is 6.76. The van der Waals surface area contributed by atoms with E-state index in [2.05, 4.69) is 20.2 Å². The van der Waals surface area contributed by atoms with E-state index < -0.39 is 5.67 Å². The van der Waals surface area contributed by atoms with Crippen LogP contribution in [0.25, 0.3) is 11.4 Å². The van der Waals surface area contributed by atoms with E-state index in [0.717, 1.165) is 0 Å². The van der Waals surface area contributed by atoms with Gasteiger partial charge in [-0.3, -0.25) is 14.5 Å². The number of pyridine rings is 1. The number of carbonyl (C=O) groups excluding carboxylic acids is 1. The Morgan fingerprint density at radius 2 is 2.26 bits per heavy atom. The third kappa shape index (κ3) is 3.20. The molecule has 0 aromatic carbocycles. The summed E-state index contributed by atoms with van der Waals surface area (Å²) in [6.45, 7) is 2.11. The number of hydrogen-bond donors (Lipinski definition) is 0. The fourth-order valence-corrected chi connectivity index (χ4v) is 3.36. The standard InChI is InChI=1S/C18H19FN6O2/c1-12-14(10-24(2)22-12)16(26)25-8-4-6-18(19,11-25)17-21-15(23-27-17)13-5-3-7-20-9-13/h3,5,7,9-10H,4,6,8,11H2,1-2H3. The van der Waals surface area contributed by atoms with Gasteiger partial charge in [0.2, 0.25) is 11.5 Å². The number of aryl methyl sites for hydroxylation is 2. The third-order valence-electron chi connectivity index (χ3n) is 4.70. The molecule has 0 N–H and O–H groups in total. The lowest BCUT2D eigenvalue weighted by atomic mass is 9.94. The van der Waals surface area contributed by atoms with Gasteiger partial charge in [-0.05, 0) is 31.9 Å². The molecule has 1 amide bonds. The minimum Gasteiger partial charge on any atom is -0.335 e. The van der Waals surface area contributed by atoms with Crippen LogP contribution in [0.4, 0.5) is 4.39 Å². The summed E-state index contributed by atoms with van der Waals surface area (Å²) in [5.74, 6) is -0.0715. The molecule has 3 aromatic heterocycles. The number of hydrogen-bond acceptors (Lipinski definition) is 6. The number of piperidine rings is 1. The maximum atomic E-state index is 15.6. The fraction of sp³-hybridized carbons (Fsp3) is 0.389. The Kier molecular flexibility index (Phi) is 4.21. The minimum absolute atomic E-state index is 0.109. The van der Waals surface area contributed by atoms with Crippen LogP contribution in [-0.4, -0.2) is 48.8 Å². The molecular weight excluding hydrogens is 351 g/mol. The molecule has 1 fully saturated rings. The third-order valence-corrected chi connectivity index (χ3v) is 4.70. The van der Waals surface area contributed by atoms with Crippen molar-refractivity contribution in [2.75, 3.05) is 13.1 Å². The van der Waals surface area contributed by atoms with Crippen LogP contribution in [-0.2, 0) is 12.7 Å². The monoisotopic (exact) mass is 370 g/mol. The van der Waals surface area contributed by atoms with Crippen LogP contribution in [0.15, 0.2) is 35.2 Å². The Morgan fingerprint density at radius 1 is 1.41 bits per heavy atom. The van der Waals surface area contributed by atoms with E-state index in [4.69, 9.17) is 4.52 Å². The van der Waals surface area contributed by atoms with Gasteiger partial charge in [0.25, 0.3) is 11.8 Å². The number of aromatic nitrogens is 5. The maximum Gasteiger partial charge on any atom is 0.266 e. The Labute approximate surface area is 155 Å². The van der Waals surface area contributed by atoms with Gasteiger partial charge in [-0.25, -0.2) is 4.39 Å². The van der Waals surface area contributed by atoms with Crippen molar-refractivity contribution in [2.24, 2.45) is 7.05 Å². The molecule has 9 heteroatoms. The summed E-state index contributed by atoms with van der Waals surface area (Å²) < 4.78 is 22.4. The van der Waals surface area contributed by atoms with Crippen molar-refractivity contribution < 1.29 is 13.7 Å². The maximum absolute atomic E-state index is 15.6. The number of carbonyl (C=O) groups is 1. The molecule has 3 aromatic rings. The van der Waals surface area contributed by atoms with E-state index in [0.29, 0.717) is 29.8 Å². The van der Waals surface area contributed by atoms with Gasteiger partial charge in [0.05, 0.1) is 17.8 Å². The summed E-state index contributed by atoms with van der Waals surface area (Å²) in [7, 11) is 1.75. The zero-order chi connectivity index (χ0) is 19.0. The molecule has 0 aliphatic carbocycles. The van der Waals surface area contributed by atoms with Gasteiger partial charge in [0.15, 0.2) is 0 Å². The summed E-state index contributed by atoms with van der Waals surface area (Å²) in [5, 5.41) is 8.06. The summed E-state index contributed by atoms with van der Waals surface area (Å²) in [6.07, 6.45) is 5.59. The molecule has 1 saturated heterocycles. The van der Waals surface area contributed by atoms with E-state index in [9.17, 15) is 4.79 Å². The average Bonchev–Trinajstić information content (AvgIpc) is 3.29. The highest BCUT2D eigenvalue weighted by molar-refractivity contribution is 5.95. The predicted octanol–water partition coefficient (Wildman–Crippen LogP) is 2.27. The SMILES string of the molecule is Cc1nn(C)cc1C(=O)N1CCCC(F)(c2nc(-c3cccnc3)no2)C1. The molecule has 8 nitrogen and oxygen atoms in total. The van der Waals surface area contributed by atoms with E-state index in [1.165, 1.54) is 4.90 Å². The Balaban J connectivity index is 1.57. The van der Waals surface area contributed by atoms with Crippen molar-refractivity contribution in [1.82, 2.24) is 29.8 Å². The first-order chi connectivity index (χ1) is 13.0. The molecule has 1 aliphatic heterocycles. The van der Waals surface area contributed by atoms with Gasteiger partial charge in [0, 0.05) is 37.7 Å². The number of halogens is 1. The van der Waals surface area contributed by atoms with Crippen molar-refractivity contribution >= 4 is 5.91 Å². The van der Waals surface area contributed by atoms with Gasteiger partial charge in [-0.15, -0.1) is 0 Å². The minimum atomic E-state index is -1.88. The molecule has 1 atom stereocenters. The number of rotatable bonds is 3. The van der Waals surface area contributed by atoms with Crippen molar-refractivity contribution in [1.29, 1.82) is 0 Å². The number of amides is 1. The highest BCUT2D eigenvalue weighted by Gasteiger charge is 2.44. The summed E-state index contributed by atoms with van der Waals surface area (Å²) in [4.78, 5) is 22.5. The van der Waals surface area contributed by atoms with Crippen molar-refractivity contribution in [3.63, 3.8) is 0 Å². The summed E-state index contributed by atoms with van der Waals surface area (Å²) in [6, 6.07) is 3.52. The van der Waals surface area contributed by atoms with Crippen LogP contribution in [0.5, 0.6) is 0 Å². The highest BCUT2D eigenvalue weighted by Crippen LogP contribution is 2.36. The van der Waals surface area contributed by atoms with Crippen molar-refractivity contribution in [2.45, 2.75) is 25.4 Å². The molecule has 4 heterocycles. The first kappa shape index (κ1) is 17.3. The van der Waals surface area contributed by atoms with Gasteiger partial charge >= 0.3 is 0 Å². The topological polar surface area (TPSA) is 89.9 Å². The second kappa shape index (κ2) is 6.57. The number of nitrogens with zero attached hydrogens (tertiary/aromatic N) is 6. The summed E-state index contributed by atoms with van der Waals surface area (Å²) >= 11 is 0. The zero-order valence-corrected chi connectivity index (χ0v) is 15.1. The van der Waals surface area contributed by atoms with Crippen LogP contribution in [0, 0.1) is 6.92 Å². The molecule has 1 unspecified atom stereocenters. The van der Waals surface area contributed by atoms with E-state index in [1.54, 1.807) is 49.4 Å². The van der Waals surface area contributed by atoms with Crippen LogP contribution >= 0.6 is 0 Å². The lowest BCUT2D eigenvalue weighted by Gasteiger charge is -2.35. The molecule has 0 saturated carbocycles. The van der Waals surface area contributed by atoms with E-state index in [-0.39, 0.29) is 30.6 Å². The fourth-order valence-electron chi connectivity index (χ4n) is 3.36. The second-order valence-electron chi connectivity index (χ2n) is 6.76. The lowest BCUT2D eigenvalue weighted by molar-refractivity contribution is 0.0152. The zero-order valence-electron chi connectivity index (χ0n) is 15.1. The predicted molar refractivity (Wildman–Crippen MR) is 93.4 cm³/mol. The molecule has 0 spiro atoms. The quantitative estimate of drug-likeness (QED) is 0.703. The lowest BCUT2D eigenvalue weighted by Crippen LogP contribution is -2.46. The van der Waals surface area contributed by atoms with Crippen LogP contribution in [0.2, 0.25) is 0 Å². The first-order valence-electron chi connectivity index (χ1n) is 8.69. The Bertz CT molecular complexity index is 969. The molecule has 0 bridgehead atoms. The molecule has 4 rings (SSSR count). The average molecular weight is 370 g/mol. The van der Waals surface area contributed by atoms with Gasteiger partial charge in [0.1, 0.15) is 0 Å². The van der Waals surface area contributed by atoms with Crippen molar-refractivity contribution in [3.8, 4) is 11.4 Å². The Morgan fingerprint density at radius 3 is 2.96 bits per heavy atom. The van der Waals surface area contributed by atoms with Gasteiger partial charge < -0.3 is 9.42 Å². The highest BCUT2D eigenvalue weighted by atomic mass is 19.1. The van der Waals surface area contributed by atoms with Crippen molar-refractivity contribution in [3.05, 3.63) is 47.9 Å². The number of likely N-dealkylation sites (tertiary alicyclic amines) is 1. The molecule has 1 aliphatic rings. The first-order valence-corrected chi connectivity index (χ1v) is 8.69. The largest absolute Gasteiger partial charge is 0.335 e. The van der Waals surface area contributed by atoms with E-state index in [1.807, 2.05) is 0 Å². The molecule has 0 radical (unpaired) electrons. The summed E-state index contributed by atoms with van der Waals surface area (Å²) in [5.41, 5.74) is -0.138. The number of alkyl halides is 1. The van der Waals surface area contributed by atoms with Gasteiger partial charge in [-0.1, -0.05) is 5.16 Å². The van der Waals surface area contributed by atoms with E-state index >= 15 is 4.39 Å². The van der Waals surface area contributed by atoms with Gasteiger partial charge in [-0.2, -0.15) is 10.1 Å². The molecular formula is C18H19FN6O2. The molecule has 140 valence electrons. The van der Waals surface area contributed by atoms with Crippen LogP contribution < -0.4 is 0 Å².